The van der Waals surface area contributed by atoms with E-state index >= 15 is 0 Å². The van der Waals surface area contributed by atoms with E-state index in [2.05, 4.69) is 10.9 Å². The number of imidazole rings is 1. The molecule has 1 aliphatic rings. The number of carboxylic acids is 1. The second kappa shape index (κ2) is 6.22. The molecule has 0 spiro atoms. The Morgan fingerprint density at radius 2 is 2.04 bits per heavy atom. The Kier molecular flexibility index (Phi) is 3.85. The van der Waals surface area contributed by atoms with Gasteiger partial charge in [0.25, 0.3) is 0 Å². The van der Waals surface area contributed by atoms with E-state index in [1.165, 1.54) is 12.3 Å². The average Bonchev–Trinajstić information content (AvgIpc) is 3.07. The van der Waals surface area contributed by atoms with Crippen molar-refractivity contribution in [2.75, 3.05) is 0 Å². The number of terminal acetylenes is 1. The molecule has 1 aromatic heterocycles. The van der Waals surface area contributed by atoms with Crippen LogP contribution in [0.4, 0.5) is 4.39 Å². The summed E-state index contributed by atoms with van der Waals surface area (Å²) >= 11 is 0. The summed E-state index contributed by atoms with van der Waals surface area (Å²) in [6.45, 7) is 1.81. The van der Waals surface area contributed by atoms with Gasteiger partial charge in [0.2, 0.25) is 5.82 Å². The maximum atomic E-state index is 14.5. The van der Waals surface area contributed by atoms with Gasteiger partial charge in [-0.1, -0.05) is 18.1 Å². The zero-order valence-electron chi connectivity index (χ0n) is 14.3. The van der Waals surface area contributed by atoms with Crippen molar-refractivity contribution in [1.82, 2.24) is 9.55 Å². The van der Waals surface area contributed by atoms with Crippen molar-refractivity contribution in [3.8, 4) is 18.0 Å². The van der Waals surface area contributed by atoms with Gasteiger partial charge in [-0.15, -0.1) is 6.42 Å². The normalized spacial score (nSPS) is 15.1. The number of benzene rings is 2. The van der Waals surface area contributed by atoms with Crippen molar-refractivity contribution < 1.29 is 14.3 Å². The molecule has 0 saturated carbocycles. The molecule has 3 aromatic rings. The number of carbonyl (C=O) groups is 1. The lowest BCUT2D eigenvalue weighted by Crippen LogP contribution is -2.13. The Bertz CT molecular complexity index is 1150. The fraction of sp³-hybridized carbons (Fsp3) is 0.0952. The number of hydrogen-bond acceptors (Lipinski definition) is 3. The predicted octanol–water partition coefficient (Wildman–Crippen LogP) is 3.60. The number of halogens is 1. The van der Waals surface area contributed by atoms with Crippen molar-refractivity contribution in [3.63, 3.8) is 0 Å². The first-order chi connectivity index (χ1) is 13.0. The number of rotatable bonds is 2. The summed E-state index contributed by atoms with van der Waals surface area (Å²) in [4.78, 5) is 20.4. The highest BCUT2D eigenvalue weighted by Crippen LogP contribution is 2.32. The van der Waals surface area contributed by atoms with Crippen molar-refractivity contribution in [2.24, 2.45) is 4.99 Å². The molecule has 6 heteroatoms. The zero-order chi connectivity index (χ0) is 19.1. The molecule has 0 amide bonds. The smallest absolute Gasteiger partial charge is 0.372 e. The third-order valence-electron chi connectivity index (χ3n) is 4.52. The summed E-state index contributed by atoms with van der Waals surface area (Å²) in [5.41, 5.74) is 3.05. The summed E-state index contributed by atoms with van der Waals surface area (Å²) < 4.78 is 16.1. The van der Waals surface area contributed by atoms with Crippen LogP contribution in [0, 0.1) is 18.2 Å². The van der Waals surface area contributed by atoms with Crippen molar-refractivity contribution in [3.05, 3.63) is 82.7 Å². The summed E-state index contributed by atoms with van der Waals surface area (Å²) in [7, 11) is 0. The second-order valence-electron chi connectivity index (χ2n) is 6.16. The quantitative estimate of drug-likeness (QED) is 0.711. The number of aliphatic imine (C=N–C) groups is 1. The lowest BCUT2D eigenvalue weighted by atomic mass is 9.98. The molecule has 1 N–H and O–H groups in total. The molecule has 0 fully saturated rings. The van der Waals surface area contributed by atoms with E-state index in [4.69, 9.17) is 11.4 Å². The molecule has 4 rings (SSSR count). The highest BCUT2D eigenvalue weighted by Gasteiger charge is 2.28. The highest BCUT2D eigenvalue weighted by atomic mass is 19.1. The Hall–Kier alpha value is -3.72. The number of carboxylic acid groups (broad SMARTS) is 1. The molecule has 1 aliphatic heterocycles. The largest absolute Gasteiger partial charge is 0.475 e. The number of fused-ring (bicyclic) bond motifs is 3. The molecule has 27 heavy (non-hydrogen) atoms. The van der Waals surface area contributed by atoms with Gasteiger partial charge in [-0.25, -0.2) is 14.2 Å². The second-order valence-corrected chi connectivity index (χ2v) is 6.16. The van der Waals surface area contributed by atoms with Gasteiger partial charge in [0.1, 0.15) is 5.82 Å². The molecule has 2 aromatic carbocycles. The standard InChI is InChI=1S/C21H14FN3O2/c1-3-13-8-9-17-15(10-13)19(14-6-4-5-7-16(14)22)24-12(2)18-11-23-20(21(26)27)25(17)18/h1,4-12H,2H3,(H,26,27)/t12-/m1/s1. The maximum absolute atomic E-state index is 14.5. The predicted molar refractivity (Wildman–Crippen MR) is 98.9 cm³/mol. The summed E-state index contributed by atoms with van der Waals surface area (Å²) in [5.74, 6) is 0.861. The molecular formula is C21H14FN3O2. The lowest BCUT2D eigenvalue weighted by Gasteiger charge is -2.14. The van der Waals surface area contributed by atoms with Crippen LogP contribution in [-0.2, 0) is 0 Å². The molecule has 2 heterocycles. The number of aromatic carboxylic acids is 1. The minimum absolute atomic E-state index is 0.128. The van der Waals surface area contributed by atoms with E-state index in [1.54, 1.807) is 41.0 Å². The first kappa shape index (κ1) is 16.7. The van der Waals surface area contributed by atoms with Crippen LogP contribution in [0.3, 0.4) is 0 Å². The van der Waals surface area contributed by atoms with Crippen LogP contribution in [-0.4, -0.2) is 26.3 Å². The van der Waals surface area contributed by atoms with E-state index in [0.717, 1.165) is 0 Å². The van der Waals surface area contributed by atoms with Crippen LogP contribution in [0.25, 0.3) is 5.69 Å². The van der Waals surface area contributed by atoms with Gasteiger partial charge in [0.05, 0.1) is 29.3 Å². The van der Waals surface area contributed by atoms with Crippen molar-refractivity contribution in [1.29, 1.82) is 0 Å². The van der Waals surface area contributed by atoms with E-state index in [1.807, 2.05) is 6.92 Å². The van der Waals surface area contributed by atoms with Gasteiger partial charge in [0, 0.05) is 16.7 Å². The van der Waals surface area contributed by atoms with Crippen LogP contribution in [0.1, 0.15) is 46.0 Å². The van der Waals surface area contributed by atoms with Gasteiger partial charge < -0.3 is 5.11 Å². The molecule has 132 valence electrons. The fourth-order valence-electron chi connectivity index (χ4n) is 3.27. The first-order valence-electron chi connectivity index (χ1n) is 8.26. The molecular weight excluding hydrogens is 345 g/mol. The molecule has 0 saturated heterocycles. The molecule has 0 bridgehead atoms. The number of hydrogen-bond donors (Lipinski definition) is 1. The van der Waals surface area contributed by atoms with E-state index in [0.29, 0.717) is 33.8 Å². The summed E-state index contributed by atoms with van der Waals surface area (Å²) in [6.07, 6.45) is 7.03. The Morgan fingerprint density at radius 3 is 2.74 bits per heavy atom. The van der Waals surface area contributed by atoms with Crippen LogP contribution in [0.15, 0.2) is 53.7 Å². The minimum Gasteiger partial charge on any atom is -0.475 e. The Morgan fingerprint density at radius 1 is 1.26 bits per heavy atom. The van der Waals surface area contributed by atoms with Crippen LogP contribution in [0.5, 0.6) is 0 Å². The maximum Gasteiger partial charge on any atom is 0.372 e. The van der Waals surface area contributed by atoms with E-state index in [-0.39, 0.29) is 5.82 Å². The van der Waals surface area contributed by atoms with E-state index in [9.17, 15) is 14.3 Å². The third-order valence-corrected chi connectivity index (χ3v) is 4.52. The minimum atomic E-state index is -1.16. The molecule has 5 nitrogen and oxygen atoms in total. The van der Waals surface area contributed by atoms with Crippen LogP contribution >= 0.6 is 0 Å². The van der Waals surface area contributed by atoms with Gasteiger partial charge in [-0.05, 0) is 37.3 Å². The summed E-state index contributed by atoms with van der Waals surface area (Å²) in [6, 6.07) is 11.1. The SMILES string of the molecule is C#Cc1ccc2c(c1)C(c1ccccc1F)=N[C@H](C)c1cnc(C(=O)O)n1-2. The molecule has 1 atom stereocenters. The zero-order valence-corrected chi connectivity index (χ0v) is 14.3. The first-order valence-corrected chi connectivity index (χ1v) is 8.26. The Labute approximate surface area is 154 Å². The number of nitrogens with zero attached hydrogens (tertiary/aromatic N) is 3. The molecule has 0 aliphatic carbocycles. The highest BCUT2D eigenvalue weighted by molar-refractivity contribution is 6.15. The van der Waals surface area contributed by atoms with Crippen LogP contribution < -0.4 is 0 Å². The fourth-order valence-corrected chi connectivity index (χ4v) is 3.27. The van der Waals surface area contributed by atoms with Crippen molar-refractivity contribution >= 4 is 11.7 Å². The van der Waals surface area contributed by atoms with Gasteiger partial charge in [-0.3, -0.25) is 9.56 Å². The van der Waals surface area contributed by atoms with Gasteiger partial charge in [-0.2, -0.15) is 0 Å². The number of aromatic nitrogens is 2. The topological polar surface area (TPSA) is 67.5 Å². The molecule has 0 unspecified atom stereocenters. The Balaban J connectivity index is 2.09. The van der Waals surface area contributed by atoms with Crippen LogP contribution in [0.2, 0.25) is 0 Å². The summed E-state index contributed by atoms with van der Waals surface area (Å²) in [5, 5.41) is 9.55. The van der Waals surface area contributed by atoms with Crippen molar-refractivity contribution in [2.45, 2.75) is 13.0 Å². The lowest BCUT2D eigenvalue weighted by molar-refractivity contribution is 0.0681. The monoisotopic (exact) mass is 359 g/mol. The van der Waals surface area contributed by atoms with Gasteiger partial charge in [0.15, 0.2) is 0 Å². The van der Waals surface area contributed by atoms with E-state index < -0.39 is 17.8 Å². The molecule has 0 radical (unpaired) electrons. The average molecular weight is 359 g/mol. The van der Waals surface area contributed by atoms with Gasteiger partial charge >= 0.3 is 5.97 Å². The third kappa shape index (κ3) is 2.61.